The number of hydrogen-bond acceptors (Lipinski definition) is 2. The minimum Gasteiger partial charge on any atom is -0.369 e. The highest BCUT2D eigenvalue weighted by Gasteiger charge is 2.18. The van der Waals surface area contributed by atoms with Crippen LogP contribution in [0.4, 0.5) is 0 Å². The summed E-state index contributed by atoms with van der Waals surface area (Å²) in [6.45, 7) is 16.5. The van der Waals surface area contributed by atoms with Crippen molar-refractivity contribution in [3.8, 4) is 0 Å². The van der Waals surface area contributed by atoms with Gasteiger partial charge in [-0.3, -0.25) is 0 Å². The summed E-state index contributed by atoms with van der Waals surface area (Å²) in [6, 6.07) is 0.522. The maximum absolute atomic E-state index is 4.00. The molecule has 2 heteroatoms. The SMILES string of the molecule is C=C(C)NC(=C)NC(CC)C(CCC)CCC. The second-order valence-electron chi connectivity index (χ2n) is 4.88. The summed E-state index contributed by atoms with van der Waals surface area (Å²) in [4.78, 5) is 0. The van der Waals surface area contributed by atoms with Crippen LogP contribution in [0.15, 0.2) is 24.7 Å². The van der Waals surface area contributed by atoms with E-state index in [2.05, 4.69) is 44.6 Å². The number of rotatable bonds is 10. The summed E-state index contributed by atoms with van der Waals surface area (Å²) in [6.07, 6.45) is 6.23. The maximum Gasteiger partial charge on any atom is 0.0956 e. The minimum atomic E-state index is 0.522. The molecule has 0 amide bonds. The standard InChI is InChI=1S/C15H30N2/c1-7-10-14(11-8-2)15(9-3)17-13(6)16-12(4)5/h14-17H,4,6-11H2,1-3,5H3. The first-order valence-electron chi connectivity index (χ1n) is 6.93. The van der Waals surface area contributed by atoms with Gasteiger partial charge in [0.2, 0.25) is 0 Å². The molecule has 0 fully saturated rings. The van der Waals surface area contributed by atoms with Gasteiger partial charge in [0, 0.05) is 11.7 Å². The maximum atomic E-state index is 4.00. The first-order valence-corrected chi connectivity index (χ1v) is 6.93. The Bertz CT molecular complexity index is 227. The quantitative estimate of drug-likeness (QED) is 0.597. The molecule has 2 N–H and O–H groups in total. The van der Waals surface area contributed by atoms with Crippen LogP contribution in [-0.2, 0) is 0 Å². The van der Waals surface area contributed by atoms with Gasteiger partial charge in [0.05, 0.1) is 5.82 Å². The number of nitrogens with one attached hydrogen (secondary N) is 2. The Balaban J connectivity index is 4.34. The van der Waals surface area contributed by atoms with E-state index in [9.17, 15) is 0 Å². The van der Waals surface area contributed by atoms with Crippen molar-refractivity contribution in [2.24, 2.45) is 5.92 Å². The molecular weight excluding hydrogens is 208 g/mol. The first-order chi connectivity index (χ1) is 8.04. The van der Waals surface area contributed by atoms with Crippen molar-refractivity contribution in [1.29, 1.82) is 0 Å². The average molecular weight is 238 g/mol. The zero-order valence-electron chi connectivity index (χ0n) is 12.1. The Morgan fingerprint density at radius 2 is 1.59 bits per heavy atom. The molecule has 0 spiro atoms. The van der Waals surface area contributed by atoms with E-state index in [1.165, 1.54) is 25.7 Å². The summed E-state index contributed by atoms with van der Waals surface area (Å²) in [5.41, 5.74) is 0.930. The fourth-order valence-electron chi connectivity index (χ4n) is 2.36. The highest BCUT2D eigenvalue weighted by atomic mass is 15.1. The Morgan fingerprint density at radius 3 is 1.94 bits per heavy atom. The second kappa shape index (κ2) is 9.15. The lowest BCUT2D eigenvalue weighted by Gasteiger charge is -2.29. The average Bonchev–Trinajstić information content (AvgIpc) is 2.24. The predicted molar refractivity (Wildman–Crippen MR) is 77.6 cm³/mol. The molecule has 0 aliphatic carbocycles. The summed E-state index contributed by atoms with van der Waals surface area (Å²) >= 11 is 0. The fourth-order valence-corrected chi connectivity index (χ4v) is 2.36. The van der Waals surface area contributed by atoms with Crippen LogP contribution in [0.1, 0.15) is 59.8 Å². The van der Waals surface area contributed by atoms with Crippen LogP contribution in [-0.4, -0.2) is 6.04 Å². The number of hydrogen-bond donors (Lipinski definition) is 2. The van der Waals surface area contributed by atoms with Gasteiger partial charge in [0.1, 0.15) is 0 Å². The molecule has 0 aromatic heterocycles. The van der Waals surface area contributed by atoms with Crippen molar-refractivity contribution in [2.75, 3.05) is 0 Å². The van der Waals surface area contributed by atoms with E-state index in [1.54, 1.807) is 0 Å². The molecule has 0 aliphatic rings. The molecule has 0 saturated carbocycles. The molecule has 0 aromatic rings. The van der Waals surface area contributed by atoms with Crippen LogP contribution in [0.2, 0.25) is 0 Å². The van der Waals surface area contributed by atoms with Crippen molar-refractivity contribution in [3.63, 3.8) is 0 Å². The Labute approximate surface area is 108 Å². The molecule has 100 valence electrons. The van der Waals surface area contributed by atoms with Crippen LogP contribution >= 0.6 is 0 Å². The molecule has 0 aliphatic heterocycles. The Hall–Kier alpha value is -0.920. The molecule has 0 aromatic carbocycles. The summed E-state index contributed by atoms with van der Waals surface area (Å²) in [5.74, 6) is 1.63. The molecular formula is C15H30N2. The van der Waals surface area contributed by atoms with Gasteiger partial charge in [-0.15, -0.1) is 0 Å². The molecule has 0 saturated heterocycles. The van der Waals surface area contributed by atoms with Crippen LogP contribution in [0.5, 0.6) is 0 Å². The van der Waals surface area contributed by atoms with Crippen molar-refractivity contribution in [2.45, 2.75) is 65.8 Å². The van der Waals surface area contributed by atoms with E-state index in [0.29, 0.717) is 6.04 Å². The van der Waals surface area contributed by atoms with E-state index < -0.39 is 0 Å². The van der Waals surface area contributed by atoms with Gasteiger partial charge in [-0.2, -0.15) is 0 Å². The molecule has 0 heterocycles. The van der Waals surface area contributed by atoms with Gasteiger partial charge in [-0.1, -0.05) is 46.8 Å². The monoisotopic (exact) mass is 238 g/mol. The van der Waals surface area contributed by atoms with E-state index in [4.69, 9.17) is 0 Å². The van der Waals surface area contributed by atoms with E-state index in [1.807, 2.05) is 6.92 Å². The summed E-state index contributed by atoms with van der Waals surface area (Å²) in [7, 11) is 0. The first kappa shape index (κ1) is 16.1. The van der Waals surface area contributed by atoms with Crippen molar-refractivity contribution < 1.29 is 0 Å². The van der Waals surface area contributed by atoms with Gasteiger partial charge in [-0.25, -0.2) is 0 Å². The molecule has 0 radical (unpaired) electrons. The van der Waals surface area contributed by atoms with Crippen LogP contribution in [0.25, 0.3) is 0 Å². The third-order valence-electron chi connectivity index (χ3n) is 3.05. The smallest absolute Gasteiger partial charge is 0.0956 e. The van der Waals surface area contributed by atoms with Crippen molar-refractivity contribution in [3.05, 3.63) is 24.7 Å². The van der Waals surface area contributed by atoms with E-state index in [-0.39, 0.29) is 0 Å². The fraction of sp³-hybridized carbons (Fsp3) is 0.733. The highest BCUT2D eigenvalue weighted by Crippen LogP contribution is 2.20. The van der Waals surface area contributed by atoms with Gasteiger partial charge < -0.3 is 10.6 Å². The third kappa shape index (κ3) is 7.09. The molecule has 0 rings (SSSR count). The highest BCUT2D eigenvalue weighted by molar-refractivity contribution is 5.02. The lowest BCUT2D eigenvalue weighted by Crippen LogP contribution is -2.38. The minimum absolute atomic E-state index is 0.522. The molecule has 17 heavy (non-hydrogen) atoms. The Morgan fingerprint density at radius 1 is 1.06 bits per heavy atom. The lowest BCUT2D eigenvalue weighted by molar-refractivity contribution is 0.316. The van der Waals surface area contributed by atoms with Gasteiger partial charge in [-0.05, 0) is 32.1 Å². The summed E-state index contributed by atoms with van der Waals surface area (Å²) in [5, 5.41) is 6.65. The van der Waals surface area contributed by atoms with Crippen molar-refractivity contribution in [1.82, 2.24) is 10.6 Å². The lowest BCUT2D eigenvalue weighted by atomic mass is 9.89. The second-order valence-corrected chi connectivity index (χ2v) is 4.88. The molecule has 0 bridgehead atoms. The van der Waals surface area contributed by atoms with Gasteiger partial charge in [0.15, 0.2) is 0 Å². The van der Waals surface area contributed by atoms with Gasteiger partial charge in [0.25, 0.3) is 0 Å². The van der Waals surface area contributed by atoms with E-state index in [0.717, 1.165) is 23.9 Å². The number of allylic oxidation sites excluding steroid dienone is 1. The van der Waals surface area contributed by atoms with Crippen LogP contribution < -0.4 is 10.6 Å². The Kier molecular flexibility index (Phi) is 8.65. The predicted octanol–water partition coefficient (Wildman–Crippen LogP) is 4.17. The summed E-state index contributed by atoms with van der Waals surface area (Å²) < 4.78 is 0. The molecule has 1 atom stereocenters. The third-order valence-corrected chi connectivity index (χ3v) is 3.05. The van der Waals surface area contributed by atoms with Crippen LogP contribution in [0, 0.1) is 5.92 Å². The van der Waals surface area contributed by atoms with Crippen LogP contribution in [0.3, 0.4) is 0 Å². The zero-order valence-corrected chi connectivity index (χ0v) is 12.1. The molecule has 1 unspecified atom stereocenters. The van der Waals surface area contributed by atoms with E-state index >= 15 is 0 Å². The van der Waals surface area contributed by atoms with Gasteiger partial charge >= 0.3 is 0 Å². The largest absolute Gasteiger partial charge is 0.369 e. The zero-order chi connectivity index (χ0) is 13.3. The van der Waals surface area contributed by atoms with Crippen molar-refractivity contribution >= 4 is 0 Å². The normalized spacial score (nSPS) is 12.3. The molecule has 2 nitrogen and oxygen atoms in total. The topological polar surface area (TPSA) is 24.1 Å².